The van der Waals surface area contributed by atoms with E-state index in [2.05, 4.69) is 5.32 Å². The monoisotopic (exact) mass is 434 g/mol. The van der Waals surface area contributed by atoms with Gasteiger partial charge >= 0.3 is 0 Å². The summed E-state index contributed by atoms with van der Waals surface area (Å²) in [6.07, 6.45) is 0.0833. The van der Waals surface area contributed by atoms with Crippen molar-refractivity contribution >= 4 is 51.6 Å². The minimum atomic E-state index is -0.568. The molecule has 0 bridgehead atoms. The summed E-state index contributed by atoms with van der Waals surface area (Å²) >= 11 is 1.19. The molecule has 1 aliphatic heterocycles. The van der Waals surface area contributed by atoms with Gasteiger partial charge in [-0.05, 0) is 54.1 Å². The molecule has 3 amide bonds. The molecule has 1 atom stereocenters. The molecule has 6 nitrogen and oxygen atoms in total. The van der Waals surface area contributed by atoms with Crippen LogP contribution in [-0.2, 0) is 14.4 Å². The third-order valence-corrected chi connectivity index (χ3v) is 6.16. The molecule has 0 spiro atoms. The molecule has 0 unspecified atom stereocenters. The van der Waals surface area contributed by atoms with Gasteiger partial charge in [0.2, 0.25) is 17.7 Å². The molecule has 1 aliphatic rings. The maximum Gasteiger partial charge on any atom is 0.247 e. The van der Waals surface area contributed by atoms with Crippen molar-refractivity contribution in [2.24, 2.45) is 0 Å². The van der Waals surface area contributed by atoms with E-state index in [9.17, 15) is 14.4 Å². The van der Waals surface area contributed by atoms with Gasteiger partial charge in [0.25, 0.3) is 0 Å². The van der Waals surface area contributed by atoms with Crippen LogP contribution in [0.3, 0.4) is 0 Å². The Bertz CT molecular complexity index is 1130. The number of carbonyl (C=O) groups is 3. The molecule has 0 radical (unpaired) electrons. The molecular formula is C24H22N2O4S. The van der Waals surface area contributed by atoms with Crippen molar-refractivity contribution in [2.45, 2.75) is 18.6 Å². The number of anilines is 2. The lowest BCUT2D eigenvalue weighted by atomic mass is 10.1. The predicted octanol–water partition coefficient (Wildman–Crippen LogP) is 4.24. The fraction of sp³-hybridized carbons (Fsp3) is 0.208. The van der Waals surface area contributed by atoms with E-state index in [0.717, 1.165) is 10.8 Å². The Morgan fingerprint density at radius 2 is 1.81 bits per heavy atom. The lowest BCUT2D eigenvalue weighted by Gasteiger charge is -2.15. The van der Waals surface area contributed by atoms with E-state index in [0.29, 0.717) is 23.7 Å². The van der Waals surface area contributed by atoms with E-state index in [1.54, 1.807) is 24.3 Å². The SMILES string of the molecule is CCOc1ccc(N2C(=O)C[C@@H](SCC(=O)Nc3ccc4ccccc4c3)C2=O)cc1. The first kappa shape index (κ1) is 20.9. The molecule has 3 aromatic carbocycles. The number of thioether (sulfide) groups is 1. The zero-order valence-electron chi connectivity index (χ0n) is 17.0. The topological polar surface area (TPSA) is 75.7 Å². The van der Waals surface area contributed by atoms with Crippen molar-refractivity contribution in [3.63, 3.8) is 0 Å². The highest BCUT2D eigenvalue weighted by atomic mass is 32.2. The van der Waals surface area contributed by atoms with E-state index < -0.39 is 5.25 Å². The van der Waals surface area contributed by atoms with Crippen molar-refractivity contribution in [3.05, 3.63) is 66.7 Å². The summed E-state index contributed by atoms with van der Waals surface area (Å²) in [5.74, 6) is 0.00844. The maximum atomic E-state index is 12.8. The molecule has 1 fully saturated rings. The van der Waals surface area contributed by atoms with Crippen LogP contribution < -0.4 is 15.0 Å². The molecular weight excluding hydrogens is 412 g/mol. The van der Waals surface area contributed by atoms with E-state index in [4.69, 9.17) is 4.74 Å². The quantitative estimate of drug-likeness (QED) is 0.563. The maximum absolute atomic E-state index is 12.8. The number of ether oxygens (including phenoxy) is 1. The molecule has 0 saturated carbocycles. The number of amides is 3. The van der Waals surface area contributed by atoms with Gasteiger partial charge in [-0.2, -0.15) is 0 Å². The van der Waals surface area contributed by atoms with Crippen LogP contribution >= 0.6 is 11.8 Å². The minimum Gasteiger partial charge on any atom is -0.494 e. The van der Waals surface area contributed by atoms with Gasteiger partial charge < -0.3 is 10.1 Å². The first-order valence-corrected chi connectivity index (χ1v) is 11.1. The summed E-state index contributed by atoms with van der Waals surface area (Å²) < 4.78 is 5.40. The van der Waals surface area contributed by atoms with Crippen LogP contribution in [-0.4, -0.2) is 35.3 Å². The fourth-order valence-corrected chi connectivity index (χ4v) is 4.44. The smallest absolute Gasteiger partial charge is 0.247 e. The third kappa shape index (κ3) is 4.72. The average Bonchev–Trinajstić information content (AvgIpc) is 3.06. The number of hydrogen-bond donors (Lipinski definition) is 1. The third-order valence-electron chi connectivity index (χ3n) is 4.96. The van der Waals surface area contributed by atoms with E-state index in [1.165, 1.54) is 16.7 Å². The fourth-order valence-electron chi connectivity index (χ4n) is 3.50. The van der Waals surface area contributed by atoms with Gasteiger partial charge in [0.05, 0.1) is 23.3 Å². The standard InChI is InChI=1S/C24H22N2O4S/c1-2-30-20-11-9-19(10-12-20)26-23(28)14-21(24(26)29)31-15-22(27)25-18-8-7-16-5-3-4-6-17(16)13-18/h3-13,21H,2,14-15H2,1H3,(H,25,27)/t21-/m1/s1. The Labute approximate surface area is 184 Å². The zero-order valence-corrected chi connectivity index (χ0v) is 17.9. The van der Waals surface area contributed by atoms with Crippen molar-refractivity contribution in [1.29, 1.82) is 0 Å². The Morgan fingerprint density at radius 1 is 1.06 bits per heavy atom. The molecule has 31 heavy (non-hydrogen) atoms. The van der Waals surface area contributed by atoms with E-state index in [-0.39, 0.29) is 29.9 Å². The van der Waals surface area contributed by atoms with Gasteiger partial charge in [-0.1, -0.05) is 30.3 Å². The number of carbonyl (C=O) groups excluding carboxylic acids is 3. The molecule has 1 N–H and O–H groups in total. The van der Waals surface area contributed by atoms with Crippen molar-refractivity contribution < 1.29 is 19.1 Å². The second kappa shape index (κ2) is 9.22. The van der Waals surface area contributed by atoms with Gasteiger partial charge in [0, 0.05) is 12.1 Å². The first-order chi connectivity index (χ1) is 15.0. The van der Waals surface area contributed by atoms with Crippen LogP contribution in [0.15, 0.2) is 66.7 Å². The molecule has 1 heterocycles. The lowest BCUT2D eigenvalue weighted by molar-refractivity contribution is -0.121. The second-order valence-electron chi connectivity index (χ2n) is 7.11. The van der Waals surface area contributed by atoms with Crippen molar-refractivity contribution in [1.82, 2.24) is 0 Å². The number of fused-ring (bicyclic) bond motifs is 1. The molecule has 3 aromatic rings. The normalized spacial score (nSPS) is 16.0. The summed E-state index contributed by atoms with van der Waals surface area (Å²) in [5.41, 5.74) is 1.22. The Kier molecular flexibility index (Phi) is 6.23. The summed E-state index contributed by atoms with van der Waals surface area (Å²) in [6, 6.07) is 20.5. The van der Waals surface area contributed by atoms with Gasteiger partial charge in [-0.15, -0.1) is 11.8 Å². The van der Waals surface area contributed by atoms with Gasteiger partial charge in [-0.25, -0.2) is 4.90 Å². The zero-order chi connectivity index (χ0) is 21.8. The molecule has 158 valence electrons. The van der Waals surface area contributed by atoms with Crippen LogP contribution in [0.2, 0.25) is 0 Å². The Morgan fingerprint density at radius 3 is 2.55 bits per heavy atom. The Balaban J connectivity index is 1.35. The summed E-state index contributed by atoms with van der Waals surface area (Å²) in [7, 11) is 0. The summed E-state index contributed by atoms with van der Waals surface area (Å²) in [4.78, 5) is 38.8. The highest BCUT2D eigenvalue weighted by Crippen LogP contribution is 2.31. The molecule has 1 saturated heterocycles. The number of imide groups is 1. The first-order valence-electron chi connectivity index (χ1n) is 10.0. The average molecular weight is 435 g/mol. The minimum absolute atomic E-state index is 0.0833. The number of nitrogens with one attached hydrogen (secondary N) is 1. The van der Waals surface area contributed by atoms with Crippen LogP contribution in [0.4, 0.5) is 11.4 Å². The molecule has 0 aromatic heterocycles. The van der Waals surface area contributed by atoms with Crippen LogP contribution in [0.25, 0.3) is 10.8 Å². The summed E-state index contributed by atoms with van der Waals surface area (Å²) in [6.45, 7) is 2.43. The van der Waals surface area contributed by atoms with Crippen molar-refractivity contribution in [2.75, 3.05) is 22.6 Å². The second-order valence-corrected chi connectivity index (χ2v) is 8.30. The number of rotatable bonds is 7. The number of nitrogens with zero attached hydrogens (tertiary/aromatic N) is 1. The molecule has 0 aliphatic carbocycles. The lowest BCUT2D eigenvalue weighted by Crippen LogP contribution is -2.31. The highest BCUT2D eigenvalue weighted by molar-refractivity contribution is 8.01. The molecule has 4 rings (SSSR count). The summed E-state index contributed by atoms with van der Waals surface area (Å²) in [5, 5.41) is 4.43. The van der Waals surface area contributed by atoms with Crippen LogP contribution in [0.1, 0.15) is 13.3 Å². The molecule has 7 heteroatoms. The predicted molar refractivity (Wildman–Crippen MR) is 124 cm³/mol. The highest BCUT2D eigenvalue weighted by Gasteiger charge is 2.40. The largest absolute Gasteiger partial charge is 0.494 e. The Hall–Kier alpha value is -3.32. The van der Waals surface area contributed by atoms with Gasteiger partial charge in [-0.3, -0.25) is 14.4 Å². The van der Waals surface area contributed by atoms with E-state index in [1.807, 2.05) is 49.4 Å². The number of hydrogen-bond acceptors (Lipinski definition) is 5. The van der Waals surface area contributed by atoms with Crippen molar-refractivity contribution in [3.8, 4) is 5.75 Å². The van der Waals surface area contributed by atoms with Crippen LogP contribution in [0, 0.1) is 0 Å². The van der Waals surface area contributed by atoms with Crippen LogP contribution in [0.5, 0.6) is 5.75 Å². The van der Waals surface area contributed by atoms with Gasteiger partial charge in [0.15, 0.2) is 0 Å². The van der Waals surface area contributed by atoms with Gasteiger partial charge in [0.1, 0.15) is 5.75 Å². The van der Waals surface area contributed by atoms with E-state index >= 15 is 0 Å². The number of benzene rings is 3.